The standard InChI is InChI=1S/C12H21N5O3S/c13-11-7-10(9-17-2-4-20-5-3-17)8-12(16-11)15-1-6-21(14,18)19/h7-8H,1-6,9H2,(H3,13,15,16)(H2,14,18,19). The highest BCUT2D eigenvalue weighted by molar-refractivity contribution is 7.89. The molecule has 0 saturated carbocycles. The molecule has 0 aromatic carbocycles. The van der Waals surface area contributed by atoms with E-state index in [9.17, 15) is 8.42 Å². The number of ether oxygens (including phenoxy) is 1. The number of hydrogen-bond donors (Lipinski definition) is 3. The number of morpholine rings is 1. The van der Waals surface area contributed by atoms with Gasteiger partial charge in [0.2, 0.25) is 10.0 Å². The molecular weight excluding hydrogens is 294 g/mol. The van der Waals surface area contributed by atoms with Crippen LogP contribution in [-0.2, 0) is 21.3 Å². The van der Waals surface area contributed by atoms with Gasteiger partial charge in [0.1, 0.15) is 11.6 Å². The third-order valence-electron chi connectivity index (χ3n) is 3.11. The highest BCUT2D eigenvalue weighted by Crippen LogP contribution is 2.14. The van der Waals surface area contributed by atoms with E-state index in [4.69, 9.17) is 15.6 Å². The summed E-state index contributed by atoms with van der Waals surface area (Å²) in [6.45, 7) is 4.21. The molecule has 0 bridgehead atoms. The summed E-state index contributed by atoms with van der Waals surface area (Å²) in [5, 5.41) is 7.88. The first kappa shape index (κ1) is 16.0. The van der Waals surface area contributed by atoms with E-state index in [-0.39, 0.29) is 12.3 Å². The lowest BCUT2D eigenvalue weighted by atomic mass is 10.2. The summed E-state index contributed by atoms with van der Waals surface area (Å²) in [6.07, 6.45) is 0. The third-order valence-corrected chi connectivity index (χ3v) is 3.88. The zero-order valence-corrected chi connectivity index (χ0v) is 12.6. The number of hydrogen-bond acceptors (Lipinski definition) is 7. The lowest BCUT2D eigenvalue weighted by molar-refractivity contribution is 0.0342. The number of aromatic nitrogens is 1. The molecule has 1 aromatic heterocycles. The highest BCUT2D eigenvalue weighted by atomic mass is 32.2. The summed E-state index contributed by atoms with van der Waals surface area (Å²) in [5.74, 6) is 0.809. The van der Waals surface area contributed by atoms with Crippen LogP contribution in [-0.4, -0.2) is 56.9 Å². The predicted octanol–water partition coefficient (Wildman–Crippen LogP) is -0.804. The Balaban J connectivity index is 1.95. The van der Waals surface area contributed by atoms with Crippen LogP contribution in [0.1, 0.15) is 5.56 Å². The molecule has 1 saturated heterocycles. The van der Waals surface area contributed by atoms with Crippen molar-refractivity contribution in [1.29, 1.82) is 0 Å². The van der Waals surface area contributed by atoms with E-state index >= 15 is 0 Å². The minimum absolute atomic E-state index is 0.151. The van der Waals surface area contributed by atoms with Gasteiger partial charge >= 0.3 is 0 Å². The summed E-state index contributed by atoms with van der Waals surface area (Å²) >= 11 is 0. The van der Waals surface area contributed by atoms with Gasteiger partial charge < -0.3 is 15.8 Å². The quantitative estimate of drug-likeness (QED) is 0.627. The lowest BCUT2D eigenvalue weighted by Gasteiger charge is -2.26. The van der Waals surface area contributed by atoms with Gasteiger partial charge in [0.25, 0.3) is 0 Å². The molecule has 1 aliphatic heterocycles. The van der Waals surface area contributed by atoms with Crippen LogP contribution in [0.5, 0.6) is 0 Å². The Labute approximate surface area is 124 Å². The molecular formula is C12H21N5O3S. The second-order valence-corrected chi connectivity index (χ2v) is 6.70. The van der Waals surface area contributed by atoms with Crippen molar-refractivity contribution >= 4 is 21.7 Å². The van der Waals surface area contributed by atoms with Crippen LogP contribution in [0.25, 0.3) is 0 Å². The third kappa shape index (κ3) is 5.84. The Bertz CT molecular complexity index is 572. The topological polar surface area (TPSA) is 124 Å². The molecule has 0 radical (unpaired) electrons. The molecule has 0 aliphatic carbocycles. The van der Waals surface area contributed by atoms with Gasteiger partial charge in [-0.3, -0.25) is 4.90 Å². The number of anilines is 2. The largest absolute Gasteiger partial charge is 0.384 e. The molecule has 1 aromatic rings. The number of nitrogens with two attached hydrogens (primary N) is 2. The van der Waals surface area contributed by atoms with E-state index in [1.165, 1.54) is 0 Å². The van der Waals surface area contributed by atoms with Crippen molar-refractivity contribution < 1.29 is 13.2 Å². The van der Waals surface area contributed by atoms with Crippen LogP contribution in [0.4, 0.5) is 11.6 Å². The first-order valence-corrected chi connectivity index (χ1v) is 8.45. The normalized spacial score (nSPS) is 16.8. The number of primary sulfonamides is 1. The van der Waals surface area contributed by atoms with Gasteiger partial charge in [-0.1, -0.05) is 0 Å². The van der Waals surface area contributed by atoms with Crippen LogP contribution < -0.4 is 16.2 Å². The molecule has 0 amide bonds. The van der Waals surface area contributed by atoms with Gasteiger partial charge in [0.15, 0.2) is 0 Å². The number of nitrogen functional groups attached to an aromatic ring is 1. The van der Waals surface area contributed by atoms with Gasteiger partial charge in [-0.25, -0.2) is 18.5 Å². The van der Waals surface area contributed by atoms with Crippen LogP contribution in [0, 0.1) is 0 Å². The SMILES string of the molecule is Nc1cc(CN2CCOCC2)cc(NCCS(N)(=O)=O)n1. The van der Waals surface area contributed by atoms with E-state index in [1.807, 2.05) is 12.1 Å². The average molecular weight is 315 g/mol. The van der Waals surface area contributed by atoms with Gasteiger partial charge in [-0.15, -0.1) is 0 Å². The molecule has 0 atom stereocenters. The van der Waals surface area contributed by atoms with E-state index in [0.717, 1.165) is 38.4 Å². The molecule has 1 fully saturated rings. The molecule has 2 heterocycles. The van der Waals surface area contributed by atoms with Gasteiger partial charge in [0.05, 0.1) is 19.0 Å². The molecule has 8 nitrogen and oxygen atoms in total. The van der Waals surface area contributed by atoms with Crippen molar-refractivity contribution in [2.24, 2.45) is 5.14 Å². The number of pyridine rings is 1. The van der Waals surface area contributed by atoms with E-state index in [0.29, 0.717) is 11.6 Å². The van der Waals surface area contributed by atoms with E-state index in [2.05, 4.69) is 15.2 Å². The number of rotatable bonds is 6. The number of nitrogens with zero attached hydrogens (tertiary/aromatic N) is 2. The first-order chi connectivity index (χ1) is 9.92. The summed E-state index contributed by atoms with van der Waals surface area (Å²) in [4.78, 5) is 6.40. The Morgan fingerprint density at radius 2 is 2.05 bits per heavy atom. The fourth-order valence-electron chi connectivity index (χ4n) is 2.13. The van der Waals surface area contributed by atoms with Crippen LogP contribution in [0.15, 0.2) is 12.1 Å². The second kappa shape index (κ2) is 7.03. The molecule has 118 valence electrons. The molecule has 5 N–H and O–H groups in total. The van der Waals surface area contributed by atoms with Crippen molar-refractivity contribution in [3.05, 3.63) is 17.7 Å². The molecule has 9 heteroatoms. The number of sulfonamides is 1. The molecule has 1 aliphatic rings. The van der Waals surface area contributed by atoms with Crippen molar-refractivity contribution in [3.8, 4) is 0 Å². The fraction of sp³-hybridized carbons (Fsp3) is 0.583. The maximum absolute atomic E-state index is 10.9. The Kier molecular flexibility index (Phi) is 5.34. The van der Waals surface area contributed by atoms with Gasteiger partial charge in [-0.05, 0) is 17.7 Å². The average Bonchev–Trinajstić information content (AvgIpc) is 2.37. The number of nitrogens with one attached hydrogen (secondary N) is 1. The lowest BCUT2D eigenvalue weighted by Crippen LogP contribution is -2.35. The zero-order valence-electron chi connectivity index (χ0n) is 11.8. The zero-order chi connectivity index (χ0) is 15.3. The highest BCUT2D eigenvalue weighted by Gasteiger charge is 2.12. The van der Waals surface area contributed by atoms with Crippen molar-refractivity contribution in [1.82, 2.24) is 9.88 Å². The minimum atomic E-state index is -3.48. The first-order valence-electron chi connectivity index (χ1n) is 6.73. The summed E-state index contributed by atoms with van der Waals surface area (Å²) in [7, 11) is -3.48. The van der Waals surface area contributed by atoms with Crippen LogP contribution in [0.2, 0.25) is 0 Å². The fourth-order valence-corrected chi connectivity index (χ4v) is 2.52. The van der Waals surface area contributed by atoms with Crippen LogP contribution in [0.3, 0.4) is 0 Å². The van der Waals surface area contributed by atoms with Crippen molar-refractivity contribution in [2.45, 2.75) is 6.54 Å². The maximum atomic E-state index is 10.9. The van der Waals surface area contributed by atoms with Crippen molar-refractivity contribution in [3.63, 3.8) is 0 Å². The summed E-state index contributed by atoms with van der Waals surface area (Å²) in [5.41, 5.74) is 6.81. The Hall–Kier alpha value is -1.42. The smallest absolute Gasteiger partial charge is 0.210 e. The maximum Gasteiger partial charge on any atom is 0.210 e. The summed E-state index contributed by atoms with van der Waals surface area (Å²) in [6, 6.07) is 3.69. The minimum Gasteiger partial charge on any atom is -0.384 e. The Morgan fingerprint density at radius 3 is 2.71 bits per heavy atom. The Morgan fingerprint density at radius 1 is 1.33 bits per heavy atom. The van der Waals surface area contributed by atoms with Crippen molar-refractivity contribution in [2.75, 3.05) is 49.7 Å². The monoisotopic (exact) mass is 315 g/mol. The van der Waals surface area contributed by atoms with E-state index < -0.39 is 10.0 Å². The van der Waals surface area contributed by atoms with Gasteiger partial charge in [0, 0.05) is 26.2 Å². The predicted molar refractivity (Wildman–Crippen MR) is 81.2 cm³/mol. The van der Waals surface area contributed by atoms with Crippen LogP contribution >= 0.6 is 0 Å². The molecule has 0 unspecified atom stereocenters. The summed E-state index contributed by atoms with van der Waals surface area (Å²) < 4.78 is 27.1. The van der Waals surface area contributed by atoms with Gasteiger partial charge in [-0.2, -0.15) is 0 Å². The molecule has 21 heavy (non-hydrogen) atoms. The second-order valence-electron chi connectivity index (χ2n) is 4.97. The van der Waals surface area contributed by atoms with E-state index in [1.54, 1.807) is 0 Å². The molecule has 2 rings (SSSR count). The molecule has 0 spiro atoms.